The molecular formula is C7H14N2O4S. The van der Waals surface area contributed by atoms with Crippen LogP contribution in [0.1, 0.15) is 6.92 Å². The summed E-state index contributed by atoms with van der Waals surface area (Å²) in [7, 11) is 0. The smallest absolute Gasteiger partial charge is 0.322 e. The van der Waals surface area contributed by atoms with E-state index in [9.17, 15) is 9.59 Å². The third-order valence-corrected chi connectivity index (χ3v) is 1.34. The fourth-order valence-electron chi connectivity index (χ4n) is 0.377. The molecule has 1 atom stereocenters. The molecule has 1 unspecified atom stereocenters. The summed E-state index contributed by atoms with van der Waals surface area (Å²) >= 11 is 3.77. The lowest BCUT2D eigenvalue weighted by Gasteiger charge is -2.06. The third kappa shape index (κ3) is 10.9. The van der Waals surface area contributed by atoms with E-state index in [1.54, 1.807) is 0 Å². The van der Waals surface area contributed by atoms with Gasteiger partial charge in [-0.2, -0.15) is 12.6 Å². The van der Waals surface area contributed by atoms with Gasteiger partial charge in [-0.25, -0.2) is 0 Å². The van der Waals surface area contributed by atoms with Crippen molar-refractivity contribution in [1.29, 1.82) is 0 Å². The Morgan fingerprint density at radius 1 is 1.64 bits per heavy atom. The summed E-state index contributed by atoms with van der Waals surface area (Å²) in [6.45, 7) is 1.04. The summed E-state index contributed by atoms with van der Waals surface area (Å²) < 4.78 is 0. The molecule has 0 saturated carbocycles. The predicted molar refractivity (Wildman–Crippen MR) is 54.2 cm³/mol. The van der Waals surface area contributed by atoms with E-state index in [4.69, 9.17) is 15.6 Å². The average Bonchev–Trinajstić information content (AvgIpc) is 2.14. The maximum absolute atomic E-state index is 10.7. The van der Waals surface area contributed by atoms with Gasteiger partial charge in [-0.3, -0.25) is 9.59 Å². The van der Waals surface area contributed by atoms with Crippen molar-refractivity contribution in [3.8, 4) is 0 Å². The molecule has 0 aliphatic rings. The van der Waals surface area contributed by atoms with E-state index < -0.39 is 24.5 Å². The van der Waals surface area contributed by atoms with Gasteiger partial charge >= 0.3 is 5.97 Å². The fourth-order valence-corrected chi connectivity index (χ4v) is 0.543. The second kappa shape index (κ2) is 10.0. The minimum Gasteiger partial charge on any atom is -0.480 e. The molecule has 0 spiro atoms. The number of carboxylic acids is 1. The number of thiol groups is 1. The van der Waals surface area contributed by atoms with Crippen molar-refractivity contribution in [2.24, 2.45) is 5.73 Å². The molecule has 1 amide bonds. The van der Waals surface area contributed by atoms with Gasteiger partial charge in [-0.1, -0.05) is 0 Å². The van der Waals surface area contributed by atoms with Crippen molar-refractivity contribution in [2.75, 3.05) is 12.3 Å². The Bertz CT molecular complexity index is 198. The lowest BCUT2D eigenvalue weighted by atomic mass is 10.3. The van der Waals surface area contributed by atoms with Gasteiger partial charge in [0.25, 0.3) is 0 Å². The molecule has 7 heteroatoms. The number of amides is 1. The summed E-state index contributed by atoms with van der Waals surface area (Å²) in [6, 6.07) is -0.738. The van der Waals surface area contributed by atoms with Crippen molar-refractivity contribution in [3.63, 3.8) is 0 Å². The molecule has 0 aliphatic carbocycles. The molecule has 0 aliphatic heterocycles. The number of carbonyl (C=O) groups excluding carboxylic acids is 2. The molecule has 6 nitrogen and oxygen atoms in total. The number of hydrogen-bond donors (Lipinski definition) is 4. The molecule has 0 saturated heterocycles. The van der Waals surface area contributed by atoms with Crippen molar-refractivity contribution < 1.29 is 19.5 Å². The number of aldehydes is 1. The van der Waals surface area contributed by atoms with Crippen LogP contribution < -0.4 is 11.1 Å². The summed E-state index contributed by atoms with van der Waals surface area (Å²) in [5.74, 6) is -1.39. The molecule has 0 aromatic rings. The van der Waals surface area contributed by atoms with Gasteiger partial charge in [-0.15, -0.1) is 0 Å². The van der Waals surface area contributed by atoms with Crippen LogP contribution in [0, 0.1) is 0 Å². The summed E-state index contributed by atoms with van der Waals surface area (Å²) in [6.07, 6.45) is 0.750. The van der Waals surface area contributed by atoms with E-state index in [0.717, 1.165) is 6.29 Å². The first-order chi connectivity index (χ1) is 6.49. The average molecular weight is 222 g/mol. The quantitative estimate of drug-likeness (QED) is 0.347. The van der Waals surface area contributed by atoms with Crippen LogP contribution in [0.15, 0.2) is 0 Å². The molecule has 82 valence electrons. The van der Waals surface area contributed by atoms with E-state index in [1.807, 2.05) is 0 Å². The number of carbonyl (C=O) groups is 3. The Morgan fingerprint density at radius 3 is 2.36 bits per heavy atom. The zero-order valence-electron chi connectivity index (χ0n) is 7.77. The van der Waals surface area contributed by atoms with Gasteiger partial charge < -0.3 is 21.0 Å². The monoisotopic (exact) mass is 222 g/mol. The predicted octanol–water partition coefficient (Wildman–Crippen LogP) is -1.35. The Morgan fingerprint density at radius 2 is 2.07 bits per heavy atom. The number of aliphatic carboxylic acids is 1. The van der Waals surface area contributed by atoms with Crippen LogP contribution in [0.3, 0.4) is 0 Å². The zero-order chi connectivity index (χ0) is 11.6. The van der Waals surface area contributed by atoms with Crippen LogP contribution in [0.5, 0.6) is 0 Å². The Kier molecular flexibility index (Phi) is 11.0. The second-order valence-corrected chi connectivity index (χ2v) is 2.50. The van der Waals surface area contributed by atoms with Crippen LogP contribution in [-0.4, -0.2) is 41.6 Å². The van der Waals surface area contributed by atoms with E-state index in [-0.39, 0.29) is 5.75 Å². The highest BCUT2D eigenvalue weighted by molar-refractivity contribution is 7.80. The first-order valence-corrected chi connectivity index (χ1v) is 4.38. The van der Waals surface area contributed by atoms with Crippen LogP contribution in [0.2, 0.25) is 0 Å². The lowest BCUT2D eigenvalue weighted by Crippen LogP contribution is -2.43. The molecule has 0 bridgehead atoms. The standard InChI is InChI=1S/C5H10N2O3S.C2H4O/c6-3(2-11)5(10)7-1-4(8)9;1-2-3/h3,11H,1-2,6H2,(H,7,10)(H,8,9);2H,1H3. The molecule has 0 fully saturated rings. The van der Waals surface area contributed by atoms with Gasteiger partial charge in [0.15, 0.2) is 0 Å². The van der Waals surface area contributed by atoms with Crippen LogP contribution in [-0.2, 0) is 14.4 Å². The first kappa shape index (κ1) is 15.4. The lowest BCUT2D eigenvalue weighted by molar-refractivity contribution is -0.138. The molecule has 0 aromatic heterocycles. The molecule has 14 heavy (non-hydrogen) atoms. The van der Waals surface area contributed by atoms with E-state index in [0.29, 0.717) is 0 Å². The second-order valence-electron chi connectivity index (χ2n) is 2.14. The summed E-state index contributed by atoms with van der Waals surface area (Å²) in [5.41, 5.74) is 5.22. The number of carboxylic acid groups (broad SMARTS) is 1. The highest BCUT2D eigenvalue weighted by Crippen LogP contribution is 1.82. The fraction of sp³-hybridized carbons (Fsp3) is 0.571. The maximum Gasteiger partial charge on any atom is 0.322 e. The zero-order valence-corrected chi connectivity index (χ0v) is 8.66. The van der Waals surface area contributed by atoms with E-state index in [2.05, 4.69) is 17.9 Å². The molecule has 0 rings (SSSR count). The van der Waals surface area contributed by atoms with Gasteiger partial charge in [0.1, 0.15) is 12.8 Å². The molecule has 0 aromatic carbocycles. The van der Waals surface area contributed by atoms with Crippen LogP contribution >= 0.6 is 12.6 Å². The molecular weight excluding hydrogens is 208 g/mol. The Balaban J connectivity index is 0. The van der Waals surface area contributed by atoms with Crippen molar-refractivity contribution >= 4 is 30.8 Å². The van der Waals surface area contributed by atoms with Crippen LogP contribution in [0.4, 0.5) is 0 Å². The van der Waals surface area contributed by atoms with E-state index in [1.165, 1.54) is 6.92 Å². The largest absolute Gasteiger partial charge is 0.480 e. The van der Waals surface area contributed by atoms with E-state index >= 15 is 0 Å². The molecule has 0 heterocycles. The highest BCUT2D eigenvalue weighted by Gasteiger charge is 2.11. The SMILES string of the molecule is CC=O.NC(CS)C(=O)NCC(=O)O. The van der Waals surface area contributed by atoms with Gasteiger partial charge in [0.05, 0.1) is 6.04 Å². The topological polar surface area (TPSA) is 109 Å². The number of nitrogens with one attached hydrogen (secondary N) is 1. The summed E-state index contributed by atoms with van der Waals surface area (Å²) in [5, 5.41) is 10.3. The number of rotatable bonds is 4. The highest BCUT2D eigenvalue weighted by atomic mass is 32.1. The van der Waals surface area contributed by atoms with Crippen LogP contribution in [0.25, 0.3) is 0 Å². The van der Waals surface area contributed by atoms with Gasteiger partial charge in [0.2, 0.25) is 5.91 Å². The third-order valence-electron chi connectivity index (χ3n) is 0.947. The minimum atomic E-state index is -1.09. The normalized spacial score (nSPS) is 10.5. The van der Waals surface area contributed by atoms with Gasteiger partial charge in [0, 0.05) is 5.75 Å². The number of hydrogen-bond acceptors (Lipinski definition) is 5. The maximum atomic E-state index is 10.7. The van der Waals surface area contributed by atoms with Crippen molar-refractivity contribution in [2.45, 2.75) is 13.0 Å². The molecule has 0 radical (unpaired) electrons. The summed E-state index contributed by atoms with van der Waals surface area (Å²) in [4.78, 5) is 29.5. The molecule has 4 N–H and O–H groups in total. The number of nitrogens with two attached hydrogens (primary N) is 1. The van der Waals surface area contributed by atoms with Crippen molar-refractivity contribution in [1.82, 2.24) is 5.32 Å². The van der Waals surface area contributed by atoms with Gasteiger partial charge in [-0.05, 0) is 6.92 Å². The minimum absolute atomic E-state index is 0.200. The Hall–Kier alpha value is -1.08. The Labute approximate surface area is 87.3 Å². The van der Waals surface area contributed by atoms with Crippen molar-refractivity contribution in [3.05, 3.63) is 0 Å². The first-order valence-electron chi connectivity index (χ1n) is 3.75.